The molecule has 0 aromatic heterocycles. The molecule has 0 aliphatic rings. The lowest BCUT2D eigenvalue weighted by Gasteiger charge is -2.24. The van der Waals surface area contributed by atoms with E-state index in [1.54, 1.807) is 30.3 Å². The van der Waals surface area contributed by atoms with E-state index in [-0.39, 0.29) is 18.0 Å². The molecular weight excluding hydrogens is 310 g/mol. The highest BCUT2D eigenvalue weighted by Gasteiger charge is 2.30. The summed E-state index contributed by atoms with van der Waals surface area (Å²) in [5.41, 5.74) is 0.647. The monoisotopic (exact) mass is 324 g/mol. The first-order valence-electron chi connectivity index (χ1n) is 6.54. The normalized spacial score (nSPS) is 11.5. The maximum Gasteiger partial charge on any atom is 0.147 e. The molecule has 0 radical (unpaired) electrons. The summed E-state index contributed by atoms with van der Waals surface area (Å²) in [6.07, 6.45) is 0.142. The van der Waals surface area contributed by atoms with E-state index in [4.69, 9.17) is 23.2 Å². The third-order valence-corrected chi connectivity index (χ3v) is 4.37. The number of Topliss-reactive ketones (excluding diaryl/α,β-unsaturated/α-hetero) is 1. The van der Waals surface area contributed by atoms with E-state index in [9.17, 15) is 9.18 Å². The highest BCUT2D eigenvalue weighted by Crippen LogP contribution is 2.30. The van der Waals surface area contributed by atoms with Crippen LogP contribution in [-0.2, 0) is 16.6 Å². The Morgan fingerprint density at radius 1 is 1.05 bits per heavy atom. The molecular formula is C17H15Cl2FO. The zero-order valence-electron chi connectivity index (χ0n) is 11.8. The fraction of sp³-hybridized carbons (Fsp3) is 0.235. The van der Waals surface area contributed by atoms with Crippen molar-refractivity contribution < 1.29 is 9.18 Å². The zero-order valence-corrected chi connectivity index (χ0v) is 13.3. The number of rotatable bonds is 4. The molecule has 0 atom stereocenters. The molecule has 0 saturated heterocycles. The van der Waals surface area contributed by atoms with Crippen LogP contribution in [0.3, 0.4) is 0 Å². The Morgan fingerprint density at radius 3 is 2.10 bits per heavy atom. The summed E-state index contributed by atoms with van der Waals surface area (Å²) in [6, 6.07) is 11.1. The fourth-order valence-corrected chi connectivity index (χ4v) is 2.64. The lowest BCUT2D eigenvalue weighted by atomic mass is 9.78. The number of hydrogen-bond donors (Lipinski definition) is 0. The largest absolute Gasteiger partial charge is 0.298 e. The Hall–Kier alpha value is -1.38. The molecule has 0 fully saturated rings. The van der Waals surface area contributed by atoms with Crippen LogP contribution in [0.5, 0.6) is 0 Å². The first kappa shape index (κ1) is 16.0. The van der Waals surface area contributed by atoms with E-state index in [0.717, 1.165) is 5.56 Å². The van der Waals surface area contributed by atoms with Crippen molar-refractivity contribution in [3.05, 3.63) is 69.5 Å². The summed E-state index contributed by atoms with van der Waals surface area (Å²) in [4.78, 5) is 12.6. The van der Waals surface area contributed by atoms with Gasteiger partial charge in [-0.05, 0) is 49.2 Å². The minimum atomic E-state index is -0.740. The highest BCUT2D eigenvalue weighted by atomic mass is 35.5. The number of halogens is 3. The predicted octanol–water partition coefficient (Wildman–Crippen LogP) is 5.22. The number of carbonyl (C=O) groups is 1. The van der Waals surface area contributed by atoms with E-state index in [1.807, 2.05) is 13.8 Å². The van der Waals surface area contributed by atoms with Crippen molar-refractivity contribution >= 4 is 29.0 Å². The van der Waals surface area contributed by atoms with E-state index in [1.165, 1.54) is 12.1 Å². The predicted molar refractivity (Wildman–Crippen MR) is 84.6 cm³/mol. The Morgan fingerprint density at radius 2 is 1.57 bits per heavy atom. The first-order chi connectivity index (χ1) is 9.82. The molecule has 110 valence electrons. The second-order valence-electron chi connectivity index (χ2n) is 5.43. The standard InChI is InChI=1S/C17H15Cl2FO/c1-17(2,11-6-8-12(20)9-7-11)16(21)10-13-14(18)4-3-5-15(13)19/h3-9H,10H2,1-2H3. The van der Waals surface area contributed by atoms with E-state index in [0.29, 0.717) is 15.6 Å². The summed E-state index contributed by atoms with van der Waals surface area (Å²) in [5, 5.41) is 0.955. The fourth-order valence-electron chi connectivity index (χ4n) is 2.11. The van der Waals surface area contributed by atoms with Crippen LogP contribution in [0.1, 0.15) is 25.0 Å². The minimum Gasteiger partial charge on any atom is -0.298 e. The maximum atomic E-state index is 13.0. The first-order valence-corrected chi connectivity index (χ1v) is 7.30. The Kier molecular flexibility index (Phi) is 4.70. The van der Waals surface area contributed by atoms with Gasteiger partial charge in [-0.3, -0.25) is 4.79 Å². The van der Waals surface area contributed by atoms with Gasteiger partial charge in [-0.25, -0.2) is 4.39 Å². The van der Waals surface area contributed by atoms with Gasteiger partial charge in [0.25, 0.3) is 0 Å². The van der Waals surface area contributed by atoms with Gasteiger partial charge in [-0.1, -0.05) is 41.4 Å². The van der Waals surface area contributed by atoms with Gasteiger partial charge >= 0.3 is 0 Å². The van der Waals surface area contributed by atoms with Crippen LogP contribution < -0.4 is 0 Å². The molecule has 0 heterocycles. The van der Waals surface area contributed by atoms with Crippen LogP contribution in [0.2, 0.25) is 10.0 Å². The molecule has 2 aromatic carbocycles. The molecule has 0 amide bonds. The van der Waals surface area contributed by atoms with Gasteiger partial charge in [-0.15, -0.1) is 0 Å². The molecule has 0 aliphatic heterocycles. The maximum absolute atomic E-state index is 13.0. The van der Waals surface area contributed by atoms with Gasteiger partial charge in [0.15, 0.2) is 0 Å². The van der Waals surface area contributed by atoms with Gasteiger partial charge < -0.3 is 0 Å². The molecule has 0 aliphatic carbocycles. The topological polar surface area (TPSA) is 17.1 Å². The smallest absolute Gasteiger partial charge is 0.147 e. The van der Waals surface area contributed by atoms with Crippen molar-refractivity contribution in [1.29, 1.82) is 0 Å². The Balaban J connectivity index is 2.28. The molecule has 0 bridgehead atoms. The van der Waals surface area contributed by atoms with Crippen LogP contribution in [0.25, 0.3) is 0 Å². The van der Waals surface area contributed by atoms with Crippen molar-refractivity contribution in [2.45, 2.75) is 25.7 Å². The van der Waals surface area contributed by atoms with Gasteiger partial charge in [0.2, 0.25) is 0 Å². The van der Waals surface area contributed by atoms with Gasteiger partial charge in [0.05, 0.1) is 0 Å². The number of benzene rings is 2. The Labute approximate surface area is 133 Å². The highest BCUT2D eigenvalue weighted by molar-refractivity contribution is 6.36. The van der Waals surface area contributed by atoms with Crippen molar-refractivity contribution in [3.63, 3.8) is 0 Å². The SMILES string of the molecule is CC(C)(C(=O)Cc1c(Cl)cccc1Cl)c1ccc(F)cc1. The molecule has 21 heavy (non-hydrogen) atoms. The second kappa shape index (κ2) is 6.17. The number of carbonyl (C=O) groups excluding carboxylic acids is 1. The summed E-state index contributed by atoms with van der Waals surface area (Å²) in [5.74, 6) is -0.347. The van der Waals surface area contributed by atoms with Crippen LogP contribution in [-0.4, -0.2) is 5.78 Å². The molecule has 0 N–H and O–H groups in total. The Bertz CT molecular complexity index is 643. The van der Waals surface area contributed by atoms with Crippen molar-refractivity contribution in [2.75, 3.05) is 0 Å². The summed E-state index contributed by atoms with van der Waals surface area (Å²) >= 11 is 12.2. The molecule has 0 spiro atoms. The average Bonchev–Trinajstić information content (AvgIpc) is 2.43. The summed E-state index contributed by atoms with van der Waals surface area (Å²) < 4.78 is 13.0. The molecule has 1 nitrogen and oxygen atoms in total. The molecule has 0 saturated carbocycles. The van der Waals surface area contributed by atoms with Gasteiger partial charge in [-0.2, -0.15) is 0 Å². The van der Waals surface area contributed by atoms with Gasteiger partial charge in [0.1, 0.15) is 11.6 Å². The molecule has 0 unspecified atom stereocenters. The van der Waals surface area contributed by atoms with E-state index >= 15 is 0 Å². The van der Waals surface area contributed by atoms with E-state index < -0.39 is 5.41 Å². The summed E-state index contributed by atoms with van der Waals surface area (Å²) in [7, 11) is 0. The lowest BCUT2D eigenvalue weighted by Crippen LogP contribution is -2.30. The van der Waals surface area contributed by atoms with Crippen LogP contribution >= 0.6 is 23.2 Å². The van der Waals surface area contributed by atoms with Gasteiger partial charge in [0, 0.05) is 21.9 Å². The third kappa shape index (κ3) is 3.45. The van der Waals surface area contributed by atoms with Crippen molar-refractivity contribution in [3.8, 4) is 0 Å². The van der Waals surface area contributed by atoms with Crippen LogP contribution in [0, 0.1) is 5.82 Å². The van der Waals surface area contributed by atoms with Crippen LogP contribution in [0.15, 0.2) is 42.5 Å². The zero-order chi connectivity index (χ0) is 15.6. The van der Waals surface area contributed by atoms with Crippen LogP contribution in [0.4, 0.5) is 4.39 Å². The molecule has 2 rings (SSSR count). The molecule has 4 heteroatoms. The summed E-state index contributed by atoms with van der Waals surface area (Å²) in [6.45, 7) is 3.63. The average molecular weight is 325 g/mol. The van der Waals surface area contributed by atoms with Crippen molar-refractivity contribution in [1.82, 2.24) is 0 Å². The molecule has 2 aromatic rings. The number of hydrogen-bond acceptors (Lipinski definition) is 1. The second-order valence-corrected chi connectivity index (χ2v) is 6.25. The lowest BCUT2D eigenvalue weighted by molar-refractivity contribution is -0.122. The van der Waals surface area contributed by atoms with E-state index in [2.05, 4.69) is 0 Å². The third-order valence-electron chi connectivity index (χ3n) is 3.66. The van der Waals surface area contributed by atoms with Crippen molar-refractivity contribution in [2.24, 2.45) is 0 Å². The quantitative estimate of drug-likeness (QED) is 0.753. The number of ketones is 1. The minimum absolute atomic E-state index is 0.0240.